The Balaban J connectivity index is 1.75. The van der Waals surface area contributed by atoms with Crippen molar-refractivity contribution in [2.24, 2.45) is 11.1 Å². The van der Waals surface area contributed by atoms with E-state index in [1.54, 1.807) is 18.2 Å². The van der Waals surface area contributed by atoms with Crippen LogP contribution in [0.1, 0.15) is 5.56 Å². The summed E-state index contributed by atoms with van der Waals surface area (Å²) in [6.07, 6.45) is -1.17. The van der Waals surface area contributed by atoms with E-state index in [1.165, 1.54) is 33.5 Å². The molecule has 2 aromatic rings. The Kier molecular flexibility index (Phi) is 4.93. The highest BCUT2D eigenvalue weighted by atomic mass is 16.7. The lowest BCUT2D eigenvalue weighted by molar-refractivity contribution is -0.384. The van der Waals surface area contributed by atoms with E-state index in [4.69, 9.17) is 19.0 Å². The van der Waals surface area contributed by atoms with E-state index in [2.05, 4.69) is 5.16 Å². The molecule has 2 atom stereocenters. The number of methoxy groups -OCH3 is 3. The van der Waals surface area contributed by atoms with E-state index in [-0.39, 0.29) is 22.8 Å². The Bertz CT molecular complexity index is 1130. The van der Waals surface area contributed by atoms with Gasteiger partial charge in [0, 0.05) is 11.6 Å². The van der Waals surface area contributed by atoms with Crippen molar-refractivity contribution in [2.45, 2.75) is 6.10 Å². The molecule has 31 heavy (non-hydrogen) atoms. The Morgan fingerprint density at radius 1 is 1.03 bits per heavy atom. The first-order chi connectivity index (χ1) is 14.9. The van der Waals surface area contributed by atoms with Crippen molar-refractivity contribution in [2.75, 3.05) is 26.2 Å². The molecule has 1 fully saturated rings. The number of non-ortho nitro benzene ring substituents is 1. The number of nitro groups is 1. The number of ether oxygens (including phenoxy) is 3. The fourth-order valence-electron chi connectivity index (χ4n) is 3.69. The van der Waals surface area contributed by atoms with Crippen LogP contribution in [0.3, 0.4) is 0 Å². The van der Waals surface area contributed by atoms with Gasteiger partial charge in [-0.2, -0.15) is 0 Å². The maximum absolute atomic E-state index is 13.3. The number of amides is 2. The van der Waals surface area contributed by atoms with E-state index in [0.29, 0.717) is 17.1 Å². The summed E-state index contributed by atoms with van der Waals surface area (Å²) in [5.41, 5.74) is 0.521. The summed E-state index contributed by atoms with van der Waals surface area (Å²) in [4.78, 5) is 43.0. The molecular weight excluding hydrogens is 410 g/mol. The summed E-state index contributed by atoms with van der Waals surface area (Å²) in [6, 6.07) is 8.69. The molecule has 2 aromatic carbocycles. The lowest BCUT2D eigenvalue weighted by Gasteiger charge is -2.18. The first-order valence-corrected chi connectivity index (χ1v) is 9.08. The Morgan fingerprint density at radius 2 is 1.77 bits per heavy atom. The molecule has 11 nitrogen and oxygen atoms in total. The van der Waals surface area contributed by atoms with E-state index in [1.807, 2.05) is 0 Å². The van der Waals surface area contributed by atoms with Gasteiger partial charge in [-0.15, -0.1) is 0 Å². The summed E-state index contributed by atoms with van der Waals surface area (Å²) in [7, 11) is 4.22. The Hall–Kier alpha value is -4.15. The number of oxime groups is 1. The van der Waals surface area contributed by atoms with E-state index in [0.717, 1.165) is 11.0 Å². The second-order valence-corrected chi connectivity index (χ2v) is 6.65. The fraction of sp³-hybridized carbons (Fsp3) is 0.250. The molecule has 0 saturated carbocycles. The van der Waals surface area contributed by atoms with Crippen molar-refractivity contribution >= 4 is 28.9 Å². The lowest BCUT2D eigenvalue weighted by atomic mass is 9.93. The number of hydrogen-bond acceptors (Lipinski definition) is 9. The number of nitrogens with zero attached hydrogens (tertiary/aromatic N) is 3. The number of fused-ring (bicyclic) bond motifs is 1. The van der Waals surface area contributed by atoms with Gasteiger partial charge in [-0.05, 0) is 18.2 Å². The van der Waals surface area contributed by atoms with Crippen LogP contribution in [0, 0.1) is 16.0 Å². The number of hydrogen-bond donors (Lipinski definition) is 0. The van der Waals surface area contributed by atoms with Gasteiger partial charge in [0.25, 0.3) is 11.6 Å². The third kappa shape index (κ3) is 3.01. The minimum Gasteiger partial charge on any atom is -0.494 e. The molecule has 0 aromatic heterocycles. The first-order valence-electron chi connectivity index (χ1n) is 9.08. The molecule has 2 amide bonds. The molecule has 0 aliphatic carbocycles. The lowest BCUT2D eigenvalue weighted by Crippen LogP contribution is -2.33. The zero-order chi connectivity index (χ0) is 22.3. The minimum absolute atomic E-state index is 0.00771. The van der Waals surface area contributed by atoms with Crippen LogP contribution in [-0.2, 0) is 14.4 Å². The van der Waals surface area contributed by atoms with Gasteiger partial charge in [-0.1, -0.05) is 11.2 Å². The van der Waals surface area contributed by atoms with Crippen LogP contribution < -0.4 is 19.1 Å². The van der Waals surface area contributed by atoms with Crippen LogP contribution in [0.25, 0.3) is 0 Å². The molecular formula is C20H17N3O8. The quantitative estimate of drug-likeness (QED) is 0.388. The molecule has 0 bridgehead atoms. The Labute approximate surface area is 175 Å². The summed E-state index contributed by atoms with van der Waals surface area (Å²) >= 11 is 0. The predicted octanol–water partition coefficient (Wildman–Crippen LogP) is 1.91. The van der Waals surface area contributed by atoms with E-state index in [9.17, 15) is 19.7 Å². The van der Waals surface area contributed by atoms with Crippen LogP contribution in [-0.4, -0.2) is 49.9 Å². The number of anilines is 1. The van der Waals surface area contributed by atoms with Crippen molar-refractivity contribution in [3.05, 3.63) is 52.1 Å². The largest absolute Gasteiger partial charge is 0.494 e. The highest BCUT2D eigenvalue weighted by Gasteiger charge is 2.57. The standard InChI is InChI=1S/C20H17N3O8/c1-28-13-6-4-5-11(17(13)30-3)16-15-18(31-21-16)20(25)22(19(15)24)12-8-7-10(23(26)27)9-14(12)29-2/h4-9,15,18H,1-3H3/t15-,18-/m1/s1. The van der Waals surface area contributed by atoms with Crippen molar-refractivity contribution in [1.29, 1.82) is 0 Å². The third-order valence-electron chi connectivity index (χ3n) is 5.11. The molecule has 2 aliphatic heterocycles. The molecule has 1 saturated heterocycles. The first kappa shape index (κ1) is 20.1. The van der Waals surface area contributed by atoms with Crippen LogP contribution in [0.15, 0.2) is 41.6 Å². The van der Waals surface area contributed by atoms with Crippen LogP contribution in [0.5, 0.6) is 17.2 Å². The number of imide groups is 1. The number of para-hydroxylation sites is 1. The number of nitro benzene ring substituents is 1. The fourth-order valence-corrected chi connectivity index (χ4v) is 3.69. The number of rotatable bonds is 6. The highest BCUT2D eigenvalue weighted by Crippen LogP contribution is 2.42. The number of benzene rings is 2. The average molecular weight is 427 g/mol. The van der Waals surface area contributed by atoms with Crippen molar-refractivity contribution in [1.82, 2.24) is 0 Å². The smallest absolute Gasteiger partial charge is 0.279 e. The molecule has 0 N–H and O–H groups in total. The van der Waals surface area contributed by atoms with Crippen LogP contribution in [0.2, 0.25) is 0 Å². The zero-order valence-corrected chi connectivity index (χ0v) is 16.7. The molecule has 4 rings (SSSR count). The monoisotopic (exact) mass is 427 g/mol. The van der Waals surface area contributed by atoms with Gasteiger partial charge in [0.05, 0.1) is 38.0 Å². The SMILES string of the molecule is COc1cc([N+](=O)[O-])ccc1N1C(=O)[C@@H]2C(c3cccc(OC)c3OC)=NO[C@H]2C1=O. The van der Waals surface area contributed by atoms with Gasteiger partial charge in [-0.25, -0.2) is 4.90 Å². The van der Waals surface area contributed by atoms with Crippen molar-refractivity contribution in [3.63, 3.8) is 0 Å². The van der Waals surface area contributed by atoms with E-state index >= 15 is 0 Å². The van der Waals surface area contributed by atoms with Gasteiger partial charge in [0.2, 0.25) is 12.0 Å². The highest BCUT2D eigenvalue weighted by molar-refractivity contribution is 6.33. The number of carbonyl (C=O) groups is 2. The second-order valence-electron chi connectivity index (χ2n) is 6.65. The minimum atomic E-state index is -1.17. The van der Waals surface area contributed by atoms with Crippen LogP contribution in [0.4, 0.5) is 11.4 Å². The summed E-state index contributed by atoms with van der Waals surface area (Å²) in [5, 5.41) is 15.0. The van der Waals surface area contributed by atoms with Crippen molar-refractivity contribution < 1.29 is 33.6 Å². The topological polar surface area (TPSA) is 130 Å². The molecule has 11 heteroatoms. The maximum atomic E-state index is 13.3. The average Bonchev–Trinajstić information content (AvgIpc) is 3.32. The zero-order valence-electron chi connectivity index (χ0n) is 16.7. The number of carbonyl (C=O) groups excluding carboxylic acids is 2. The van der Waals surface area contributed by atoms with Gasteiger partial charge in [0.15, 0.2) is 11.5 Å². The maximum Gasteiger partial charge on any atom is 0.279 e. The summed E-state index contributed by atoms with van der Waals surface area (Å²) in [6.45, 7) is 0. The third-order valence-corrected chi connectivity index (χ3v) is 5.11. The summed E-state index contributed by atoms with van der Waals surface area (Å²) < 4.78 is 15.9. The van der Waals surface area contributed by atoms with Gasteiger partial charge in [0.1, 0.15) is 17.4 Å². The van der Waals surface area contributed by atoms with Gasteiger partial charge in [-0.3, -0.25) is 19.7 Å². The molecule has 2 heterocycles. The molecule has 160 valence electrons. The molecule has 2 aliphatic rings. The Morgan fingerprint density at radius 3 is 2.42 bits per heavy atom. The second kappa shape index (κ2) is 7.59. The normalized spacial score (nSPS) is 19.6. The summed E-state index contributed by atoms with van der Waals surface area (Å²) in [5.74, 6) is -1.48. The predicted molar refractivity (Wildman–Crippen MR) is 107 cm³/mol. The van der Waals surface area contributed by atoms with Gasteiger partial charge >= 0.3 is 0 Å². The molecule has 0 spiro atoms. The van der Waals surface area contributed by atoms with Gasteiger partial charge < -0.3 is 19.0 Å². The molecule has 0 radical (unpaired) electrons. The van der Waals surface area contributed by atoms with Crippen LogP contribution >= 0.6 is 0 Å². The van der Waals surface area contributed by atoms with Crippen molar-refractivity contribution in [3.8, 4) is 17.2 Å². The van der Waals surface area contributed by atoms with E-state index < -0.39 is 28.8 Å². The molecule has 0 unspecified atom stereocenters.